The third-order valence-electron chi connectivity index (χ3n) is 7.12. The van der Waals surface area contributed by atoms with Gasteiger partial charge in [0.15, 0.2) is 0 Å². The molecule has 1 fully saturated rings. The summed E-state index contributed by atoms with van der Waals surface area (Å²) in [5.74, 6) is -0.997. The number of likely N-dealkylation sites (tertiary alicyclic amines) is 1. The van der Waals surface area contributed by atoms with Gasteiger partial charge in [-0.1, -0.05) is 0 Å². The molecule has 1 saturated heterocycles. The number of aryl methyl sites for hydroxylation is 2. The summed E-state index contributed by atoms with van der Waals surface area (Å²) >= 11 is 0. The second-order valence-corrected chi connectivity index (χ2v) is 9.43. The van der Waals surface area contributed by atoms with Crippen LogP contribution >= 0.6 is 0 Å². The lowest BCUT2D eigenvalue weighted by Crippen LogP contribution is -2.43. The van der Waals surface area contributed by atoms with Crippen LogP contribution in [0.3, 0.4) is 0 Å². The zero-order chi connectivity index (χ0) is 24.4. The molecule has 0 aliphatic carbocycles. The first-order valence-corrected chi connectivity index (χ1v) is 12.2. The van der Waals surface area contributed by atoms with Crippen LogP contribution in [0, 0.1) is 5.92 Å². The van der Waals surface area contributed by atoms with E-state index in [1.54, 1.807) is 24.5 Å². The molecule has 3 aliphatic rings. The number of pyridine rings is 1. The van der Waals surface area contributed by atoms with E-state index < -0.39 is 11.8 Å². The minimum absolute atomic E-state index is 0.00849. The third-order valence-corrected chi connectivity index (χ3v) is 7.12. The molecule has 2 aromatic rings. The largest absolute Gasteiger partial charge is 0.348 e. The molecular weight excluding hydrogens is 446 g/mol. The molecule has 9 heteroatoms. The smallest absolute Gasteiger partial charge is 0.313 e. The quantitative estimate of drug-likeness (QED) is 0.657. The first-order valence-electron chi connectivity index (χ1n) is 12.2. The summed E-state index contributed by atoms with van der Waals surface area (Å²) < 4.78 is 0. The molecule has 0 unspecified atom stereocenters. The maximum absolute atomic E-state index is 12.6. The van der Waals surface area contributed by atoms with Gasteiger partial charge in [-0.2, -0.15) is 0 Å². The van der Waals surface area contributed by atoms with E-state index in [0.717, 1.165) is 49.0 Å². The van der Waals surface area contributed by atoms with E-state index >= 15 is 0 Å². The molecule has 0 spiro atoms. The maximum Gasteiger partial charge on any atom is 0.313 e. The molecule has 35 heavy (non-hydrogen) atoms. The lowest BCUT2D eigenvalue weighted by molar-refractivity contribution is -0.136. The molecule has 182 valence electrons. The van der Waals surface area contributed by atoms with Gasteiger partial charge in [0.05, 0.1) is 5.69 Å². The van der Waals surface area contributed by atoms with Gasteiger partial charge in [0.2, 0.25) is 5.91 Å². The summed E-state index contributed by atoms with van der Waals surface area (Å²) in [6.45, 7) is 2.37. The van der Waals surface area contributed by atoms with Crippen LogP contribution in [0.25, 0.3) is 0 Å². The van der Waals surface area contributed by atoms with Crippen LogP contribution in [0.5, 0.6) is 0 Å². The van der Waals surface area contributed by atoms with Crippen molar-refractivity contribution in [2.24, 2.45) is 5.92 Å². The fourth-order valence-electron chi connectivity index (χ4n) is 5.25. The summed E-state index contributed by atoms with van der Waals surface area (Å²) in [4.78, 5) is 57.4. The molecule has 9 nitrogen and oxygen atoms in total. The number of amides is 4. The minimum Gasteiger partial charge on any atom is -0.348 e. The van der Waals surface area contributed by atoms with Crippen molar-refractivity contribution < 1.29 is 19.2 Å². The average molecular weight is 476 g/mol. The monoisotopic (exact) mass is 475 g/mol. The number of nitrogens with one attached hydrogen (secondary N) is 2. The molecule has 1 aromatic carbocycles. The Morgan fingerprint density at radius 2 is 1.66 bits per heavy atom. The Bertz CT molecular complexity index is 1140. The fourth-order valence-corrected chi connectivity index (χ4v) is 5.25. The molecule has 3 aliphatic heterocycles. The van der Waals surface area contributed by atoms with Gasteiger partial charge in [-0.25, -0.2) is 0 Å². The van der Waals surface area contributed by atoms with Gasteiger partial charge in [0, 0.05) is 56.2 Å². The molecule has 4 heterocycles. The normalized spacial score (nSPS) is 17.5. The summed E-state index contributed by atoms with van der Waals surface area (Å²) in [7, 11) is 0. The number of benzene rings is 1. The first-order chi connectivity index (χ1) is 17.0. The topological polar surface area (TPSA) is 112 Å². The van der Waals surface area contributed by atoms with Crippen molar-refractivity contribution in [3.63, 3.8) is 0 Å². The van der Waals surface area contributed by atoms with E-state index in [1.807, 2.05) is 21.9 Å². The zero-order valence-electron chi connectivity index (χ0n) is 19.6. The summed E-state index contributed by atoms with van der Waals surface area (Å²) in [5, 5.41) is 5.48. The predicted octanol–water partition coefficient (Wildman–Crippen LogP) is 1.91. The summed E-state index contributed by atoms with van der Waals surface area (Å²) in [6, 6.07) is 7.18. The van der Waals surface area contributed by atoms with Crippen LogP contribution in [-0.2, 0) is 27.2 Å². The van der Waals surface area contributed by atoms with Crippen LogP contribution in [0.1, 0.15) is 47.2 Å². The van der Waals surface area contributed by atoms with E-state index in [1.165, 1.54) is 0 Å². The highest BCUT2D eigenvalue weighted by Gasteiger charge is 2.30. The lowest BCUT2D eigenvalue weighted by atomic mass is 9.91. The van der Waals surface area contributed by atoms with Crippen molar-refractivity contribution in [3.05, 3.63) is 53.3 Å². The van der Waals surface area contributed by atoms with Crippen LogP contribution in [0.4, 0.5) is 11.4 Å². The van der Waals surface area contributed by atoms with E-state index in [-0.39, 0.29) is 17.7 Å². The Morgan fingerprint density at radius 1 is 0.943 bits per heavy atom. The molecular formula is C26H29N5O4. The van der Waals surface area contributed by atoms with E-state index in [9.17, 15) is 19.2 Å². The van der Waals surface area contributed by atoms with E-state index in [2.05, 4.69) is 15.6 Å². The van der Waals surface area contributed by atoms with Gasteiger partial charge in [-0.3, -0.25) is 24.2 Å². The van der Waals surface area contributed by atoms with Crippen molar-refractivity contribution in [3.8, 4) is 0 Å². The SMILES string of the molecule is O=C(NCC1CCN(C(=O)c2ccncc2)CC1)C(=O)Nc1cc2c3c(c1)CCC(=O)N3CCC2. The highest BCUT2D eigenvalue weighted by atomic mass is 16.2. The van der Waals surface area contributed by atoms with Gasteiger partial charge < -0.3 is 20.4 Å². The number of carbonyl (C=O) groups is 4. The summed E-state index contributed by atoms with van der Waals surface area (Å²) in [5.41, 5.74) is 4.30. The highest BCUT2D eigenvalue weighted by Crippen LogP contribution is 2.37. The standard InChI is InChI=1S/C26H29N5O4/c32-22-4-3-20-15-21(14-19-2-1-11-31(22)23(19)20)29-25(34)24(33)28-16-17-7-12-30(13-8-17)26(35)18-5-9-27-10-6-18/h5-6,9-10,14-15,17H,1-4,7-8,11-13,16H2,(H,28,33)(H,29,34). The molecule has 5 rings (SSSR count). The minimum atomic E-state index is -0.693. The summed E-state index contributed by atoms with van der Waals surface area (Å²) in [6.07, 6.45) is 7.61. The number of piperidine rings is 1. The highest BCUT2D eigenvalue weighted by molar-refractivity contribution is 6.39. The Balaban J connectivity index is 1.12. The van der Waals surface area contributed by atoms with Gasteiger partial charge in [0.25, 0.3) is 5.91 Å². The van der Waals surface area contributed by atoms with Crippen molar-refractivity contribution in [1.82, 2.24) is 15.2 Å². The van der Waals surface area contributed by atoms with Crippen LogP contribution in [0.2, 0.25) is 0 Å². The third kappa shape index (κ3) is 4.89. The molecule has 0 radical (unpaired) electrons. The number of anilines is 2. The molecule has 1 aromatic heterocycles. The number of nitrogens with zero attached hydrogens (tertiary/aromatic N) is 3. The molecule has 2 N–H and O–H groups in total. The van der Waals surface area contributed by atoms with Crippen molar-refractivity contribution >= 4 is 35.0 Å². The van der Waals surface area contributed by atoms with Crippen LogP contribution in [-0.4, -0.2) is 59.7 Å². The Hall–Kier alpha value is -3.75. The molecule has 4 amide bonds. The average Bonchev–Trinajstić information content (AvgIpc) is 2.89. The van der Waals surface area contributed by atoms with Crippen molar-refractivity contribution in [1.29, 1.82) is 0 Å². The Morgan fingerprint density at radius 3 is 2.40 bits per heavy atom. The predicted molar refractivity (Wildman–Crippen MR) is 130 cm³/mol. The fraction of sp³-hybridized carbons (Fsp3) is 0.423. The molecule has 0 bridgehead atoms. The number of hydrogen-bond donors (Lipinski definition) is 2. The van der Waals surface area contributed by atoms with Crippen LogP contribution in [0.15, 0.2) is 36.7 Å². The van der Waals surface area contributed by atoms with Crippen LogP contribution < -0.4 is 15.5 Å². The number of hydrogen-bond acceptors (Lipinski definition) is 5. The van der Waals surface area contributed by atoms with Gasteiger partial charge in [0.1, 0.15) is 0 Å². The maximum atomic E-state index is 12.6. The lowest BCUT2D eigenvalue weighted by Gasteiger charge is -2.35. The van der Waals surface area contributed by atoms with Crippen molar-refractivity contribution in [2.75, 3.05) is 36.4 Å². The number of rotatable bonds is 4. The molecule has 0 atom stereocenters. The second-order valence-electron chi connectivity index (χ2n) is 9.43. The van der Waals surface area contributed by atoms with Gasteiger partial charge >= 0.3 is 11.8 Å². The molecule has 0 saturated carbocycles. The van der Waals surface area contributed by atoms with E-state index in [0.29, 0.717) is 43.7 Å². The second kappa shape index (κ2) is 9.85. The number of aromatic nitrogens is 1. The van der Waals surface area contributed by atoms with Gasteiger partial charge in [-0.05, 0) is 73.4 Å². The first kappa shape index (κ1) is 23.0. The van der Waals surface area contributed by atoms with E-state index in [4.69, 9.17) is 0 Å². The number of carbonyl (C=O) groups excluding carboxylic acids is 4. The zero-order valence-corrected chi connectivity index (χ0v) is 19.6. The van der Waals surface area contributed by atoms with Gasteiger partial charge in [-0.15, -0.1) is 0 Å². The van der Waals surface area contributed by atoms with Crippen molar-refractivity contribution in [2.45, 2.75) is 38.5 Å². The Kier molecular flexibility index (Phi) is 6.48. The Labute approximate surface area is 203 Å².